The lowest BCUT2D eigenvalue weighted by Crippen LogP contribution is -2.42. The number of nitrogens with one attached hydrogen (secondary N) is 1. The zero-order valence-corrected chi connectivity index (χ0v) is 9.20. The van der Waals surface area contributed by atoms with Gasteiger partial charge in [-0.05, 0) is 19.3 Å². The monoisotopic (exact) mass is 206 g/mol. The molecule has 1 N–H and O–H groups in total. The number of fused-ring (bicyclic) bond motifs is 1. The molecule has 0 saturated carbocycles. The summed E-state index contributed by atoms with van der Waals surface area (Å²) in [6.07, 6.45) is 7.39. The predicted octanol–water partition coefficient (Wildman–Crippen LogP) is 0.609. The summed E-state index contributed by atoms with van der Waals surface area (Å²) in [6.45, 7) is 4.16. The fourth-order valence-electron chi connectivity index (χ4n) is 2.90. The molecule has 0 aliphatic carbocycles. The fourth-order valence-corrected chi connectivity index (χ4v) is 2.90. The largest absolute Gasteiger partial charge is 0.335 e. The van der Waals surface area contributed by atoms with Crippen LogP contribution in [0.2, 0.25) is 0 Å². The third-order valence-corrected chi connectivity index (χ3v) is 3.55. The maximum atomic E-state index is 12.0. The molecule has 0 bridgehead atoms. The first-order valence-corrected chi connectivity index (χ1v) is 5.69. The second-order valence-electron chi connectivity index (χ2n) is 4.58. The molecular weight excluding hydrogens is 188 g/mol. The van der Waals surface area contributed by atoms with E-state index in [1.54, 1.807) is 0 Å². The summed E-state index contributed by atoms with van der Waals surface area (Å²) in [6, 6.07) is 0.817. The molecule has 0 aromatic carbocycles. The van der Waals surface area contributed by atoms with E-state index in [0.717, 1.165) is 19.5 Å². The first kappa shape index (κ1) is 10.5. The normalized spacial score (nSPS) is 33.9. The highest BCUT2D eigenvalue weighted by Gasteiger charge is 2.43. The van der Waals surface area contributed by atoms with E-state index in [4.69, 9.17) is 6.42 Å². The first-order valence-electron chi connectivity index (χ1n) is 5.69. The Bertz CT molecular complexity index is 294. The number of carbonyl (C=O) groups excluding carboxylic acids is 1. The number of likely N-dealkylation sites (tertiary alicyclic amines) is 1. The highest BCUT2D eigenvalue weighted by molar-refractivity contribution is 5.77. The fraction of sp³-hybridized carbons (Fsp3) is 0.750. The molecule has 2 heterocycles. The quantitative estimate of drug-likeness (QED) is 0.671. The van der Waals surface area contributed by atoms with Gasteiger partial charge in [-0.25, -0.2) is 0 Å². The molecule has 15 heavy (non-hydrogen) atoms. The number of terminal acetylenes is 1. The van der Waals surface area contributed by atoms with Crippen LogP contribution in [0.15, 0.2) is 0 Å². The van der Waals surface area contributed by atoms with Gasteiger partial charge in [0.25, 0.3) is 0 Å². The van der Waals surface area contributed by atoms with Crippen molar-refractivity contribution in [2.24, 2.45) is 5.92 Å². The third-order valence-electron chi connectivity index (χ3n) is 3.55. The van der Waals surface area contributed by atoms with Gasteiger partial charge in [-0.2, -0.15) is 0 Å². The molecule has 2 saturated heterocycles. The average Bonchev–Trinajstić information content (AvgIpc) is 2.73. The van der Waals surface area contributed by atoms with E-state index < -0.39 is 0 Å². The van der Waals surface area contributed by atoms with Crippen molar-refractivity contribution in [1.82, 2.24) is 10.2 Å². The number of hydrogen-bond donors (Lipinski definition) is 1. The van der Waals surface area contributed by atoms with Gasteiger partial charge in [0.2, 0.25) is 5.91 Å². The lowest BCUT2D eigenvalue weighted by molar-refractivity contribution is -0.133. The molecule has 2 rings (SSSR count). The first-order chi connectivity index (χ1) is 7.24. The van der Waals surface area contributed by atoms with Crippen molar-refractivity contribution >= 4 is 5.91 Å². The van der Waals surface area contributed by atoms with E-state index in [-0.39, 0.29) is 5.91 Å². The van der Waals surface area contributed by atoms with Crippen LogP contribution in [-0.2, 0) is 4.79 Å². The molecule has 0 radical (unpaired) electrons. The summed E-state index contributed by atoms with van der Waals surface area (Å²) in [7, 11) is 0. The molecule has 0 aromatic rings. The number of hydrogen-bond acceptors (Lipinski definition) is 2. The Labute approximate surface area is 91.2 Å². The highest BCUT2D eigenvalue weighted by atomic mass is 16.2. The third kappa shape index (κ3) is 1.87. The van der Waals surface area contributed by atoms with Gasteiger partial charge in [0.15, 0.2) is 0 Å². The number of amides is 1. The minimum Gasteiger partial charge on any atom is -0.335 e. The Kier molecular flexibility index (Phi) is 2.97. The van der Waals surface area contributed by atoms with Crippen molar-refractivity contribution in [3.63, 3.8) is 0 Å². The van der Waals surface area contributed by atoms with Gasteiger partial charge in [0.05, 0.1) is 0 Å². The number of carbonyl (C=O) groups is 1. The van der Waals surface area contributed by atoms with Crippen LogP contribution in [0.5, 0.6) is 0 Å². The summed E-state index contributed by atoms with van der Waals surface area (Å²) in [5.41, 5.74) is 0. The van der Waals surface area contributed by atoms with E-state index >= 15 is 0 Å². The van der Waals surface area contributed by atoms with Crippen molar-refractivity contribution < 1.29 is 4.79 Å². The maximum Gasteiger partial charge on any atom is 0.224 e. The van der Waals surface area contributed by atoms with Crippen molar-refractivity contribution in [2.45, 2.75) is 38.3 Å². The molecular formula is C12H18N2O. The van der Waals surface area contributed by atoms with E-state index in [9.17, 15) is 4.79 Å². The van der Waals surface area contributed by atoms with Gasteiger partial charge < -0.3 is 10.2 Å². The van der Waals surface area contributed by atoms with E-state index in [0.29, 0.717) is 30.8 Å². The second kappa shape index (κ2) is 4.24. The van der Waals surface area contributed by atoms with Crippen molar-refractivity contribution in [1.29, 1.82) is 0 Å². The topological polar surface area (TPSA) is 32.3 Å². The molecule has 0 spiro atoms. The van der Waals surface area contributed by atoms with Gasteiger partial charge in [0, 0.05) is 38.0 Å². The lowest BCUT2D eigenvalue weighted by atomic mass is 10.0. The molecule has 3 heteroatoms. The molecule has 3 unspecified atom stereocenters. The van der Waals surface area contributed by atoms with Crippen LogP contribution in [0.3, 0.4) is 0 Å². The molecule has 2 fully saturated rings. The Balaban J connectivity index is 2.01. The van der Waals surface area contributed by atoms with Gasteiger partial charge in [0.1, 0.15) is 0 Å². The minimum absolute atomic E-state index is 0.233. The van der Waals surface area contributed by atoms with Crippen LogP contribution >= 0.6 is 0 Å². The van der Waals surface area contributed by atoms with Crippen LogP contribution in [0.4, 0.5) is 0 Å². The second-order valence-corrected chi connectivity index (χ2v) is 4.58. The van der Waals surface area contributed by atoms with E-state index in [1.165, 1.54) is 0 Å². The van der Waals surface area contributed by atoms with Crippen LogP contribution in [0.25, 0.3) is 0 Å². The lowest BCUT2D eigenvalue weighted by Gasteiger charge is -2.27. The molecule has 2 aliphatic rings. The molecule has 82 valence electrons. The Morgan fingerprint density at radius 2 is 2.40 bits per heavy atom. The Morgan fingerprint density at radius 3 is 3.13 bits per heavy atom. The van der Waals surface area contributed by atoms with E-state index in [2.05, 4.69) is 23.1 Å². The smallest absolute Gasteiger partial charge is 0.224 e. The Hall–Kier alpha value is -1.01. The van der Waals surface area contributed by atoms with E-state index in [1.807, 2.05) is 0 Å². The van der Waals surface area contributed by atoms with Gasteiger partial charge in [-0.3, -0.25) is 4.79 Å². The van der Waals surface area contributed by atoms with Crippen LogP contribution < -0.4 is 5.32 Å². The van der Waals surface area contributed by atoms with Crippen LogP contribution in [0, 0.1) is 18.3 Å². The molecule has 0 aromatic heterocycles. The SMILES string of the molecule is C#CCCC(=O)N1C(C)CC2CNCC21. The molecule has 2 aliphatic heterocycles. The van der Waals surface area contributed by atoms with Crippen molar-refractivity contribution in [2.75, 3.05) is 13.1 Å². The molecule has 3 nitrogen and oxygen atoms in total. The van der Waals surface area contributed by atoms with Gasteiger partial charge in [-0.15, -0.1) is 12.3 Å². The summed E-state index contributed by atoms with van der Waals surface area (Å²) in [5, 5.41) is 3.35. The molecule has 1 amide bonds. The van der Waals surface area contributed by atoms with Gasteiger partial charge >= 0.3 is 0 Å². The minimum atomic E-state index is 0.233. The zero-order valence-electron chi connectivity index (χ0n) is 9.20. The van der Waals surface area contributed by atoms with Gasteiger partial charge in [-0.1, -0.05) is 0 Å². The molecule has 3 atom stereocenters. The van der Waals surface area contributed by atoms with Crippen LogP contribution in [0.1, 0.15) is 26.2 Å². The summed E-state index contributed by atoms with van der Waals surface area (Å²) in [5.74, 6) is 3.43. The number of nitrogens with zero attached hydrogens (tertiary/aromatic N) is 1. The Morgan fingerprint density at radius 1 is 1.60 bits per heavy atom. The predicted molar refractivity (Wildman–Crippen MR) is 59.1 cm³/mol. The van der Waals surface area contributed by atoms with Crippen molar-refractivity contribution in [3.05, 3.63) is 0 Å². The van der Waals surface area contributed by atoms with Crippen LogP contribution in [-0.4, -0.2) is 36.0 Å². The summed E-state index contributed by atoms with van der Waals surface area (Å²) < 4.78 is 0. The standard InChI is InChI=1S/C12H18N2O/c1-3-4-5-12(15)14-9(2)6-10-7-13-8-11(10)14/h1,9-11,13H,4-8H2,2H3. The zero-order chi connectivity index (χ0) is 10.8. The van der Waals surface area contributed by atoms with Crippen molar-refractivity contribution in [3.8, 4) is 12.3 Å². The average molecular weight is 206 g/mol. The summed E-state index contributed by atoms with van der Waals surface area (Å²) >= 11 is 0. The summed E-state index contributed by atoms with van der Waals surface area (Å²) in [4.78, 5) is 14.0. The highest BCUT2D eigenvalue weighted by Crippen LogP contribution is 2.32. The maximum absolute atomic E-state index is 12.0. The number of rotatable bonds is 2.